The third-order valence-electron chi connectivity index (χ3n) is 1.60. The van der Waals surface area contributed by atoms with E-state index in [0.29, 0.717) is 5.57 Å². The zero-order chi connectivity index (χ0) is 9.68. The smallest absolute Gasteiger partial charge is 0.245 e. The molecule has 0 heterocycles. The van der Waals surface area contributed by atoms with E-state index in [-0.39, 0.29) is 5.88 Å². The van der Waals surface area contributed by atoms with E-state index in [2.05, 4.69) is 0 Å². The predicted octanol–water partition coefficient (Wildman–Crippen LogP) is 1.79. The van der Waals surface area contributed by atoms with Crippen molar-refractivity contribution in [2.75, 3.05) is 5.88 Å². The maximum atomic E-state index is 10.8. The third-order valence-corrected chi connectivity index (χ3v) is 1.89. The van der Waals surface area contributed by atoms with Crippen LogP contribution < -0.4 is 5.73 Å². The van der Waals surface area contributed by atoms with Crippen molar-refractivity contribution in [1.29, 1.82) is 0 Å². The number of hydrogen-bond donors (Lipinski definition) is 1. The Labute approximate surface area is 82.0 Å². The molecule has 1 rings (SSSR count). The van der Waals surface area contributed by atoms with Crippen molar-refractivity contribution in [2.24, 2.45) is 5.73 Å². The van der Waals surface area contributed by atoms with Gasteiger partial charge in [-0.2, -0.15) is 0 Å². The summed E-state index contributed by atoms with van der Waals surface area (Å²) in [4.78, 5) is 10.8. The average Bonchev–Trinajstić information content (AvgIpc) is 2.15. The molecule has 2 N–H and O–H groups in total. The van der Waals surface area contributed by atoms with E-state index in [9.17, 15) is 4.79 Å². The summed E-state index contributed by atoms with van der Waals surface area (Å²) in [5, 5.41) is 0. The minimum absolute atomic E-state index is 0.143. The highest BCUT2D eigenvalue weighted by atomic mass is 35.5. The fourth-order valence-electron chi connectivity index (χ4n) is 0.926. The summed E-state index contributed by atoms with van der Waals surface area (Å²) in [6, 6.07) is 9.45. The first-order valence-corrected chi connectivity index (χ1v) is 4.39. The lowest BCUT2D eigenvalue weighted by Gasteiger charge is -1.97. The second-order valence-corrected chi connectivity index (χ2v) is 2.85. The predicted molar refractivity (Wildman–Crippen MR) is 54.3 cm³/mol. The van der Waals surface area contributed by atoms with Gasteiger partial charge in [0.1, 0.15) is 0 Å². The molecular formula is C10H10ClNO. The first kappa shape index (κ1) is 9.81. The van der Waals surface area contributed by atoms with Gasteiger partial charge in [-0.3, -0.25) is 4.79 Å². The van der Waals surface area contributed by atoms with Gasteiger partial charge in [-0.15, -0.1) is 11.6 Å². The second kappa shape index (κ2) is 4.67. The summed E-state index contributed by atoms with van der Waals surface area (Å²) in [6.07, 6.45) is 1.69. The van der Waals surface area contributed by atoms with Crippen LogP contribution in [-0.2, 0) is 4.79 Å². The van der Waals surface area contributed by atoms with Crippen molar-refractivity contribution >= 4 is 23.6 Å². The maximum Gasteiger partial charge on any atom is 0.245 e. The quantitative estimate of drug-likeness (QED) is 0.580. The molecule has 0 aliphatic carbocycles. The van der Waals surface area contributed by atoms with Gasteiger partial charge in [0.25, 0.3) is 0 Å². The van der Waals surface area contributed by atoms with Gasteiger partial charge in [-0.25, -0.2) is 0 Å². The zero-order valence-corrected chi connectivity index (χ0v) is 7.79. The average molecular weight is 196 g/mol. The molecule has 1 aromatic rings. The Morgan fingerprint density at radius 2 is 2.00 bits per heavy atom. The van der Waals surface area contributed by atoms with E-state index >= 15 is 0 Å². The topological polar surface area (TPSA) is 43.1 Å². The molecule has 1 aromatic carbocycles. The Balaban J connectivity index is 2.92. The fourth-order valence-corrected chi connectivity index (χ4v) is 1.13. The van der Waals surface area contributed by atoms with Gasteiger partial charge in [-0.1, -0.05) is 30.3 Å². The van der Waals surface area contributed by atoms with Crippen molar-refractivity contribution in [3.63, 3.8) is 0 Å². The summed E-state index contributed by atoms with van der Waals surface area (Å²) in [6.45, 7) is 0. The Morgan fingerprint density at radius 3 is 2.46 bits per heavy atom. The molecule has 0 bridgehead atoms. The first-order valence-electron chi connectivity index (χ1n) is 3.85. The Kier molecular flexibility index (Phi) is 3.53. The van der Waals surface area contributed by atoms with Crippen molar-refractivity contribution in [3.05, 3.63) is 41.5 Å². The molecule has 0 spiro atoms. The fraction of sp³-hybridized carbons (Fsp3) is 0.100. The van der Waals surface area contributed by atoms with Crippen LogP contribution in [0.25, 0.3) is 6.08 Å². The third kappa shape index (κ3) is 2.92. The van der Waals surface area contributed by atoms with Crippen molar-refractivity contribution in [1.82, 2.24) is 0 Å². The second-order valence-electron chi connectivity index (χ2n) is 2.58. The summed E-state index contributed by atoms with van der Waals surface area (Å²) in [7, 11) is 0. The van der Waals surface area contributed by atoms with Gasteiger partial charge in [-0.05, 0) is 11.6 Å². The minimum atomic E-state index is -0.473. The number of rotatable bonds is 3. The number of carbonyl (C=O) groups is 1. The van der Waals surface area contributed by atoms with Crippen LogP contribution in [0.15, 0.2) is 35.9 Å². The molecule has 0 saturated carbocycles. The molecule has 0 radical (unpaired) electrons. The number of primary amides is 1. The van der Waals surface area contributed by atoms with Gasteiger partial charge >= 0.3 is 0 Å². The van der Waals surface area contributed by atoms with E-state index in [0.717, 1.165) is 5.56 Å². The zero-order valence-electron chi connectivity index (χ0n) is 7.03. The van der Waals surface area contributed by atoms with Crippen molar-refractivity contribution < 1.29 is 4.79 Å². The van der Waals surface area contributed by atoms with Crippen LogP contribution in [0, 0.1) is 0 Å². The van der Waals surface area contributed by atoms with Crippen molar-refractivity contribution in [3.8, 4) is 0 Å². The van der Waals surface area contributed by atoms with E-state index in [1.54, 1.807) is 6.08 Å². The lowest BCUT2D eigenvalue weighted by molar-refractivity contribution is -0.114. The van der Waals surface area contributed by atoms with Crippen LogP contribution in [0.1, 0.15) is 5.56 Å². The molecule has 68 valence electrons. The lowest BCUT2D eigenvalue weighted by atomic mass is 10.1. The standard InChI is InChI=1S/C10H10ClNO/c11-7-9(10(12)13)6-8-4-2-1-3-5-8/h1-6H,7H2,(H2,12,13). The summed E-state index contributed by atoms with van der Waals surface area (Å²) < 4.78 is 0. The number of nitrogens with two attached hydrogens (primary N) is 1. The van der Waals surface area contributed by atoms with Crippen LogP contribution >= 0.6 is 11.6 Å². The molecule has 0 saturated heterocycles. The lowest BCUT2D eigenvalue weighted by Crippen LogP contribution is -2.14. The number of hydrogen-bond acceptors (Lipinski definition) is 1. The van der Waals surface area contributed by atoms with Gasteiger partial charge in [0.05, 0.1) is 5.88 Å². The largest absolute Gasteiger partial charge is 0.366 e. The van der Waals surface area contributed by atoms with E-state index in [1.165, 1.54) is 0 Å². The van der Waals surface area contributed by atoms with Crippen LogP contribution in [-0.4, -0.2) is 11.8 Å². The summed E-state index contributed by atoms with van der Waals surface area (Å²) >= 11 is 5.54. The van der Waals surface area contributed by atoms with Crippen LogP contribution in [0.4, 0.5) is 0 Å². The van der Waals surface area contributed by atoms with E-state index in [4.69, 9.17) is 17.3 Å². The highest BCUT2D eigenvalue weighted by Crippen LogP contribution is 2.07. The first-order chi connectivity index (χ1) is 6.24. The number of alkyl halides is 1. The van der Waals surface area contributed by atoms with Crippen LogP contribution in [0.2, 0.25) is 0 Å². The number of amides is 1. The number of benzene rings is 1. The molecule has 2 nitrogen and oxygen atoms in total. The summed E-state index contributed by atoms with van der Waals surface area (Å²) in [5.74, 6) is -0.330. The van der Waals surface area contributed by atoms with Crippen LogP contribution in [0.3, 0.4) is 0 Å². The van der Waals surface area contributed by atoms with Gasteiger partial charge in [0.2, 0.25) is 5.91 Å². The molecule has 0 atom stereocenters. The highest BCUT2D eigenvalue weighted by molar-refractivity contribution is 6.23. The molecule has 0 aliphatic heterocycles. The van der Waals surface area contributed by atoms with E-state index in [1.807, 2.05) is 30.3 Å². The summed E-state index contributed by atoms with van der Waals surface area (Å²) in [5.41, 5.74) is 6.46. The van der Waals surface area contributed by atoms with Crippen LogP contribution in [0.5, 0.6) is 0 Å². The maximum absolute atomic E-state index is 10.8. The Morgan fingerprint density at radius 1 is 1.38 bits per heavy atom. The molecule has 3 heteroatoms. The highest BCUT2D eigenvalue weighted by Gasteiger charge is 2.01. The van der Waals surface area contributed by atoms with Gasteiger partial charge in [0, 0.05) is 5.57 Å². The molecule has 0 fully saturated rings. The molecule has 1 amide bonds. The number of halogens is 1. The monoisotopic (exact) mass is 195 g/mol. The normalized spacial score (nSPS) is 11.3. The number of carbonyl (C=O) groups excluding carboxylic acids is 1. The van der Waals surface area contributed by atoms with Crippen molar-refractivity contribution in [2.45, 2.75) is 0 Å². The SMILES string of the molecule is NC(=O)C(=Cc1ccccc1)CCl. The molecule has 0 aromatic heterocycles. The van der Waals surface area contributed by atoms with Gasteiger partial charge < -0.3 is 5.73 Å². The van der Waals surface area contributed by atoms with Gasteiger partial charge in [0.15, 0.2) is 0 Å². The molecule has 0 aliphatic rings. The van der Waals surface area contributed by atoms with E-state index < -0.39 is 5.91 Å². The molecule has 13 heavy (non-hydrogen) atoms. The Hall–Kier alpha value is -1.28. The molecule has 0 unspecified atom stereocenters. The molecular weight excluding hydrogens is 186 g/mol. The minimum Gasteiger partial charge on any atom is -0.366 e. The Bertz CT molecular complexity index is 319.